The number of hydrogen-bond acceptors (Lipinski definition) is 2. The number of benzene rings is 2. The average molecular weight is 281 g/mol. The van der Waals surface area contributed by atoms with Crippen molar-refractivity contribution in [3.05, 3.63) is 59.7 Å². The van der Waals surface area contributed by atoms with Gasteiger partial charge in [-0.25, -0.2) is 4.79 Å². The molecule has 1 atom stereocenters. The van der Waals surface area contributed by atoms with Crippen molar-refractivity contribution >= 4 is 11.9 Å². The fourth-order valence-electron chi connectivity index (χ4n) is 3.06. The number of carbonyl (C=O) groups excluding carboxylic acids is 1. The molecule has 106 valence electrons. The molecule has 2 aromatic rings. The molecule has 0 spiro atoms. The van der Waals surface area contributed by atoms with Crippen LogP contribution in [0.2, 0.25) is 0 Å². The van der Waals surface area contributed by atoms with Crippen LogP contribution in [-0.2, 0) is 9.59 Å². The van der Waals surface area contributed by atoms with E-state index in [1.165, 1.54) is 6.92 Å². The maximum Gasteiger partial charge on any atom is 0.327 e. The Balaban J connectivity index is 2.17. The lowest BCUT2D eigenvalue weighted by atomic mass is 9.89. The van der Waals surface area contributed by atoms with Crippen LogP contribution < -0.4 is 5.32 Å². The first kappa shape index (κ1) is 13.4. The maximum atomic E-state index is 11.6. The second kappa shape index (κ2) is 5.05. The zero-order valence-corrected chi connectivity index (χ0v) is 11.5. The quantitative estimate of drug-likeness (QED) is 0.907. The SMILES string of the molecule is CC(=O)N[C@H](C(=O)O)C1c2ccccc2-c2ccccc21. The van der Waals surface area contributed by atoms with Crippen LogP contribution in [-0.4, -0.2) is 23.0 Å². The van der Waals surface area contributed by atoms with Gasteiger partial charge in [-0.3, -0.25) is 4.79 Å². The van der Waals surface area contributed by atoms with Gasteiger partial charge in [0.05, 0.1) is 0 Å². The standard InChI is InChI=1S/C17H15NO3/c1-10(19)18-16(17(20)21)15-13-8-4-2-6-11(13)12-7-3-5-9-14(12)15/h2-9,15-16H,1H3,(H,18,19)(H,20,21)/t16-/m0/s1. The summed E-state index contributed by atoms with van der Waals surface area (Å²) in [4.78, 5) is 23.0. The lowest BCUT2D eigenvalue weighted by Gasteiger charge is -2.22. The van der Waals surface area contributed by atoms with Crippen LogP contribution in [0, 0.1) is 0 Å². The van der Waals surface area contributed by atoms with Gasteiger partial charge in [-0.15, -0.1) is 0 Å². The van der Waals surface area contributed by atoms with Crippen molar-refractivity contribution in [1.82, 2.24) is 5.32 Å². The van der Waals surface area contributed by atoms with Crippen molar-refractivity contribution in [2.75, 3.05) is 0 Å². The molecular weight excluding hydrogens is 266 g/mol. The summed E-state index contributed by atoms with van der Waals surface area (Å²) in [6.07, 6.45) is 0. The minimum absolute atomic E-state index is 0.343. The van der Waals surface area contributed by atoms with Crippen LogP contribution in [0.5, 0.6) is 0 Å². The van der Waals surface area contributed by atoms with Crippen LogP contribution >= 0.6 is 0 Å². The van der Waals surface area contributed by atoms with E-state index < -0.39 is 12.0 Å². The van der Waals surface area contributed by atoms with Crippen molar-refractivity contribution < 1.29 is 14.7 Å². The number of hydrogen-bond donors (Lipinski definition) is 2. The van der Waals surface area contributed by atoms with Gasteiger partial charge in [-0.1, -0.05) is 48.5 Å². The Morgan fingerprint density at radius 3 is 1.90 bits per heavy atom. The number of carboxylic acids is 1. The summed E-state index contributed by atoms with van der Waals surface area (Å²) in [6, 6.07) is 14.5. The molecule has 1 amide bonds. The lowest BCUT2D eigenvalue weighted by Crippen LogP contribution is -2.43. The second-order valence-corrected chi connectivity index (χ2v) is 5.17. The second-order valence-electron chi connectivity index (χ2n) is 5.17. The molecule has 3 rings (SSSR count). The van der Waals surface area contributed by atoms with Crippen molar-refractivity contribution in [2.45, 2.75) is 18.9 Å². The van der Waals surface area contributed by atoms with Gasteiger partial charge in [0.15, 0.2) is 0 Å². The summed E-state index contributed by atoms with van der Waals surface area (Å²) in [5.74, 6) is -1.73. The number of amides is 1. The molecule has 0 fully saturated rings. The topological polar surface area (TPSA) is 66.4 Å². The molecular formula is C17H15NO3. The fourth-order valence-corrected chi connectivity index (χ4v) is 3.06. The van der Waals surface area contributed by atoms with E-state index in [9.17, 15) is 14.7 Å². The zero-order chi connectivity index (χ0) is 15.0. The summed E-state index contributed by atoms with van der Waals surface area (Å²) in [5, 5.41) is 12.1. The summed E-state index contributed by atoms with van der Waals surface area (Å²) >= 11 is 0. The molecule has 4 heteroatoms. The van der Waals surface area contributed by atoms with Gasteiger partial charge in [0.25, 0.3) is 0 Å². The molecule has 0 aliphatic heterocycles. The highest BCUT2D eigenvalue weighted by atomic mass is 16.4. The van der Waals surface area contributed by atoms with Crippen LogP contribution in [0.25, 0.3) is 11.1 Å². The van der Waals surface area contributed by atoms with E-state index in [4.69, 9.17) is 0 Å². The minimum Gasteiger partial charge on any atom is -0.480 e. The highest BCUT2D eigenvalue weighted by Gasteiger charge is 2.38. The minimum atomic E-state index is -1.03. The largest absolute Gasteiger partial charge is 0.480 e. The Morgan fingerprint density at radius 2 is 1.48 bits per heavy atom. The molecule has 0 heterocycles. The Morgan fingerprint density at radius 1 is 1.00 bits per heavy atom. The molecule has 0 saturated heterocycles. The van der Waals surface area contributed by atoms with E-state index in [-0.39, 0.29) is 11.8 Å². The Hall–Kier alpha value is -2.62. The molecule has 0 radical (unpaired) electrons. The van der Waals surface area contributed by atoms with Gasteiger partial charge in [0, 0.05) is 12.8 Å². The highest BCUT2D eigenvalue weighted by Crippen LogP contribution is 2.46. The number of rotatable bonds is 3. The van der Waals surface area contributed by atoms with Crippen LogP contribution in [0.15, 0.2) is 48.5 Å². The Kier molecular flexibility index (Phi) is 3.22. The molecule has 4 nitrogen and oxygen atoms in total. The molecule has 0 unspecified atom stereocenters. The molecule has 21 heavy (non-hydrogen) atoms. The molecule has 2 N–H and O–H groups in total. The third-order valence-electron chi connectivity index (χ3n) is 3.84. The number of carboxylic acid groups (broad SMARTS) is 1. The number of aliphatic carboxylic acids is 1. The van der Waals surface area contributed by atoms with E-state index in [2.05, 4.69) is 5.32 Å². The molecule has 1 aliphatic carbocycles. The summed E-state index contributed by atoms with van der Waals surface area (Å²) < 4.78 is 0. The van der Waals surface area contributed by atoms with Gasteiger partial charge in [0.2, 0.25) is 5.91 Å². The van der Waals surface area contributed by atoms with E-state index in [0.717, 1.165) is 22.3 Å². The molecule has 0 saturated carbocycles. The zero-order valence-electron chi connectivity index (χ0n) is 11.5. The van der Waals surface area contributed by atoms with Gasteiger partial charge < -0.3 is 10.4 Å². The van der Waals surface area contributed by atoms with Crippen LogP contribution in [0.1, 0.15) is 24.0 Å². The third kappa shape index (κ3) is 2.18. The monoisotopic (exact) mass is 281 g/mol. The number of fused-ring (bicyclic) bond motifs is 3. The Bertz CT molecular complexity index is 678. The molecule has 2 aromatic carbocycles. The summed E-state index contributed by atoms with van der Waals surface area (Å²) in [5.41, 5.74) is 3.96. The smallest absolute Gasteiger partial charge is 0.327 e. The summed E-state index contributed by atoms with van der Waals surface area (Å²) in [6.45, 7) is 1.34. The normalized spacial score (nSPS) is 14.1. The van der Waals surface area contributed by atoms with Crippen molar-refractivity contribution in [2.24, 2.45) is 0 Å². The average Bonchev–Trinajstić information content (AvgIpc) is 2.79. The maximum absolute atomic E-state index is 11.6. The highest BCUT2D eigenvalue weighted by molar-refractivity contribution is 5.88. The van der Waals surface area contributed by atoms with E-state index in [0.29, 0.717) is 0 Å². The fraction of sp³-hybridized carbons (Fsp3) is 0.176. The third-order valence-corrected chi connectivity index (χ3v) is 3.84. The van der Waals surface area contributed by atoms with Crippen molar-refractivity contribution in [3.63, 3.8) is 0 Å². The van der Waals surface area contributed by atoms with E-state index in [1.54, 1.807) is 0 Å². The molecule has 0 aromatic heterocycles. The van der Waals surface area contributed by atoms with Gasteiger partial charge in [-0.05, 0) is 22.3 Å². The van der Waals surface area contributed by atoms with Crippen LogP contribution in [0.3, 0.4) is 0 Å². The van der Waals surface area contributed by atoms with Gasteiger partial charge >= 0.3 is 5.97 Å². The lowest BCUT2D eigenvalue weighted by molar-refractivity contribution is -0.141. The van der Waals surface area contributed by atoms with Crippen molar-refractivity contribution in [1.29, 1.82) is 0 Å². The number of nitrogens with one attached hydrogen (secondary N) is 1. The van der Waals surface area contributed by atoms with E-state index >= 15 is 0 Å². The first-order chi connectivity index (χ1) is 10.1. The van der Waals surface area contributed by atoms with E-state index in [1.807, 2.05) is 48.5 Å². The van der Waals surface area contributed by atoms with Crippen LogP contribution in [0.4, 0.5) is 0 Å². The van der Waals surface area contributed by atoms with Gasteiger partial charge in [-0.2, -0.15) is 0 Å². The molecule has 0 bridgehead atoms. The van der Waals surface area contributed by atoms with Crippen molar-refractivity contribution in [3.8, 4) is 11.1 Å². The summed E-state index contributed by atoms with van der Waals surface area (Å²) in [7, 11) is 0. The predicted molar refractivity (Wildman–Crippen MR) is 79.0 cm³/mol. The molecule has 1 aliphatic rings. The first-order valence-electron chi connectivity index (χ1n) is 6.77. The van der Waals surface area contributed by atoms with Gasteiger partial charge in [0.1, 0.15) is 6.04 Å². The number of carbonyl (C=O) groups is 2. The Labute approximate surface area is 122 Å². The predicted octanol–water partition coefficient (Wildman–Crippen LogP) is 2.39. The first-order valence-corrected chi connectivity index (χ1v) is 6.77.